The number of halogens is 2. The minimum atomic E-state index is 0.406. The summed E-state index contributed by atoms with van der Waals surface area (Å²) in [5, 5.41) is 0.470. The van der Waals surface area contributed by atoms with Gasteiger partial charge in [0.2, 0.25) is 0 Å². The minimum Gasteiger partial charge on any atom is -0.493 e. The number of rotatable bonds is 4. The Morgan fingerprint density at radius 1 is 1.28 bits per heavy atom. The van der Waals surface area contributed by atoms with Crippen LogP contribution in [0, 0.1) is 0 Å². The first kappa shape index (κ1) is 13.2. The molecule has 18 heavy (non-hydrogen) atoms. The molecule has 0 saturated carbocycles. The number of hydrogen-bond donors (Lipinski definition) is 0. The molecule has 0 N–H and O–H groups in total. The normalized spacial score (nSPS) is 10.2. The smallest absolute Gasteiger partial charge is 0.175 e. The van der Waals surface area contributed by atoms with E-state index in [9.17, 15) is 0 Å². The Labute approximate surface area is 119 Å². The molecule has 0 aliphatic rings. The predicted molar refractivity (Wildman–Crippen MR) is 74.3 cm³/mol. The first-order valence-electron chi connectivity index (χ1n) is 5.26. The molecule has 1 aromatic carbocycles. The zero-order valence-corrected chi connectivity index (χ0v) is 12.0. The molecule has 0 unspecified atom stereocenters. The van der Waals surface area contributed by atoms with Gasteiger partial charge in [-0.3, -0.25) is 0 Å². The van der Waals surface area contributed by atoms with E-state index >= 15 is 0 Å². The molecule has 0 aliphatic heterocycles. The van der Waals surface area contributed by atoms with Crippen molar-refractivity contribution < 1.29 is 9.47 Å². The third-order valence-corrected chi connectivity index (χ3v) is 3.17. The summed E-state index contributed by atoms with van der Waals surface area (Å²) in [5.41, 5.74) is 0.942. The highest BCUT2D eigenvalue weighted by Crippen LogP contribution is 2.35. The molecule has 0 bridgehead atoms. The molecule has 0 atom stereocenters. The van der Waals surface area contributed by atoms with Crippen molar-refractivity contribution in [1.82, 2.24) is 4.98 Å². The van der Waals surface area contributed by atoms with Crippen LogP contribution in [0.25, 0.3) is 0 Å². The Kier molecular flexibility index (Phi) is 4.44. The second-order valence-electron chi connectivity index (χ2n) is 3.55. The van der Waals surface area contributed by atoms with Gasteiger partial charge in [0.15, 0.2) is 11.5 Å². The number of ether oxygens (including phenoxy) is 2. The van der Waals surface area contributed by atoms with Crippen LogP contribution in [0.15, 0.2) is 41.0 Å². The van der Waals surface area contributed by atoms with Crippen LogP contribution < -0.4 is 9.47 Å². The number of para-hydroxylation sites is 1. The quantitative estimate of drug-likeness (QED) is 0.792. The van der Waals surface area contributed by atoms with Crippen molar-refractivity contribution in [1.29, 1.82) is 0 Å². The van der Waals surface area contributed by atoms with Crippen molar-refractivity contribution in [2.24, 2.45) is 0 Å². The van der Waals surface area contributed by atoms with Crippen LogP contribution in [0.1, 0.15) is 5.56 Å². The van der Waals surface area contributed by atoms with E-state index in [2.05, 4.69) is 20.9 Å². The standard InChI is InChI=1S/C13H11BrClNO2/c1-17-11-4-2-3-10(14)13(11)18-8-9-5-6-12(15)16-7-9/h2-7H,8H2,1H3. The summed E-state index contributed by atoms with van der Waals surface area (Å²) in [7, 11) is 1.61. The number of aromatic nitrogens is 1. The third kappa shape index (κ3) is 3.15. The molecule has 0 amide bonds. The van der Waals surface area contributed by atoms with E-state index < -0.39 is 0 Å². The average Bonchev–Trinajstić information content (AvgIpc) is 2.39. The fourth-order valence-corrected chi connectivity index (χ4v) is 2.01. The van der Waals surface area contributed by atoms with Crippen molar-refractivity contribution in [3.8, 4) is 11.5 Å². The SMILES string of the molecule is COc1cccc(Br)c1OCc1ccc(Cl)nc1. The molecule has 3 nitrogen and oxygen atoms in total. The van der Waals surface area contributed by atoms with E-state index in [1.165, 1.54) is 0 Å². The lowest BCUT2D eigenvalue weighted by Crippen LogP contribution is -1.98. The van der Waals surface area contributed by atoms with Gasteiger partial charge in [0.1, 0.15) is 11.8 Å². The lowest BCUT2D eigenvalue weighted by Gasteiger charge is -2.12. The van der Waals surface area contributed by atoms with Gasteiger partial charge in [0.25, 0.3) is 0 Å². The molecule has 94 valence electrons. The van der Waals surface area contributed by atoms with E-state index in [0.29, 0.717) is 23.3 Å². The fourth-order valence-electron chi connectivity index (χ4n) is 1.44. The van der Waals surface area contributed by atoms with E-state index in [1.807, 2.05) is 24.3 Å². The summed E-state index contributed by atoms with van der Waals surface area (Å²) in [4.78, 5) is 4.00. The maximum atomic E-state index is 5.73. The summed E-state index contributed by atoms with van der Waals surface area (Å²) < 4.78 is 11.8. The topological polar surface area (TPSA) is 31.4 Å². The molecular formula is C13H11BrClNO2. The Hall–Kier alpha value is -1.26. The maximum Gasteiger partial charge on any atom is 0.175 e. The minimum absolute atomic E-state index is 0.406. The van der Waals surface area contributed by atoms with Crippen LogP contribution in [-0.2, 0) is 6.61 Å². The summed E-state index contributed by atoms with van der Waals surface area (Å²) in [6, 6.07) is 9.24. The van der Waals surface area contributed by atoms with Gasteiger partial charge in [0.05, 0.1) is 11.6 Å². The lowest BCUT2D eigenvalue weighted by molar-refractivity contribution is 0.282. The van der Waals surface area contributed by atoms with Crippen molar-refractivity contribution in [2.75, 3.05) is 7.11 Å². The number of pyridine rings is 1. The number of hydrogen-bond acceptors (Lipinski definition) is 3. The summed E-state index contributed by atoms with van der Waals surface area (Å²) in [5.74, 6) is 1.36. The second-order valence-corrected chi connectivity index (χ2v) is 4.79. The summed E-state index contributed by atoms with van der Waals surface area (Å²) >= 11 is 9.15. The van der Waals surface area contributed by atoms with Crippen LogP contribution in [0.3, 0.4) is 0 Å². The Morgan fingerprint density at radius 3 is 2.78 bits per heavy atom. The Balaban J connectivity index is 2.12. The molecule has 2 aromatic rings. The van der Waals surface area contributed by atoms with Gasteiger partial charge in [-0.15, -0.1) is 0 Å². The highest BCUT2D eigenvalue weighted by Gasteiger charge is 2.08. The molecule has 5 heteroatoms. The van der Waals surface area contributed by atoms with Gasteiger partial charge in [-0.05, 0) is 34.1 Å². The third-order valence-electron chi connectivity index (χ3n) is 2.32. The van der Waals surface area contributed by atoms with Crippen LogP contribution >= 0.6 is 27.5 Å². The van der Waals surface area contributed by atoms with Gasteiger partial charge in [-0.2, -0.15) is 0 Å². The Morgan fingerprint density at radius 2 is 2.11 bits per heavy atom. The van der Waals surface area contributed by atoms with Gasteiger partial charge < -0.3 is 9.47 Å². The molecule has 2 rings (SSSR count). The van der Waals surface area contributed by atoms with E-state index in [-0.39, 0.29) is 0 Å². The van der Waals surface area contributed by atoms with Gasteiger partial charge in [0, 0.05) is 11.8 Å². The fraction of sp³-hybridized carbons (Fsp3) is 0.154. The second kappa shape index (κ2) is 6.07. The first-order chi connectivity index (χ1) is 8.70. The highest BCUT2D eigenvalue weighted by atomic mass is 79.9. The number of benzene rings is 1. The zero-order valence-electron chi connectivity index (χ0n) is 9.69. The molecule has 1 heterocycles. The van der Waals surface area contributed by atoms with Crippen molar-refractivity contribution in [3.63, 3.8) is 0 Å². The molecule has 0 saturated heterocycles. The van der Waals surface area contributed by atoms with Crippen molar-refractivity contribution >= 4 is 27.5 Å². The molecule has 1 aromatic heterocycles. The van der Waals surface area contributed by atoms with Gasteiger partial charge in [-0.1, -0.05) is 23.7 Å². The van der Waals surface area contributed by atoms with Crippen LogP contribution in [0.5, 0.6) is 11.5 Å². The number of nitrogens with zero attached hydrogens (tertiary/aromatic N) is 1. The van der Waals surface area contributed by atoms with Crippen LogP contribution in [0.2, 0.25) is 5.15 Å². The maximum absolute atomic E-state index is 5.73. The highest BCUT2D eigenvalue weighted by molar-refractivity contribution is 9.10. The van der Waals surface area contributed by atoms with Crippen LogP contribution in [-0.4, -0.2) is 12.1 Å². The predicted octanol–water partition coefficient (Wildman–Crippen LogP) is 4.09. The van der Waals surface area contributed by atoms with Gasteiger partial charge >= 0.3 is 0 Å². The zero-order chi connectivity index (χ0) is 13.0. The van der Waals surface area contributed by atoms with Crippen molar-refractivity contribution in [3.05, 3.63) is 51.7 Å². The first-order valence-corrected chi connectivity index (χ1v) is 6.43. The molecule has 0 aliphatic carbocycles. The summed E-state index contributed by atoms with van der Waals surface area (Å²) in [6.45, 7) is 0.406. The monoisotopic (exact) mass is 327 g/mol. The lowest BCUT2D eigenvalue weighted by atomic mass is 10.3. The molecule has 0 fully saturated rings. The van der Waals surface area contributed by atoms with Crippen molar-refractivity contribution in [2.45, 2.75) is 6.61 Å². The largest absolute Gasteiger partial charge is 0.493 e. The van der Waals surface area contributed by atoms with E-state index in [4.69, 9.17) is 21.1 Å². The molecule has 0 spiro atoms. The molecular weight excluding hydrogens is 318 g/mol. The molecule has 0 radical (unpaired) electrons. The average molecular weight is 329 g/mol. The van der Waals surface area contributed by atoms with E-state index in [1.54, 1.807) is 19.4 Å². The van der Waals surface area contributed by atoms with Gasteiger partial charge in [-0.25, -0.2) is 4.98 Å². The number of methoxy groups -OCH3 is 1. The van der Waals surface area contributed by atoms with Crippen LogP contribution in [0.4, 0.5) is 0 Å². The van der Waals surface area contributed by atoms with E-state index in [0.717, 1.165) is 10.0 Å². The summed E-state index contributed by atoms with van der Waals surface area (Å²) in [6.07, 6.45) is 1.69. The Bertz CT molecular complexity index is 531.